The Bertz CT molecular complexity index is 645. The molecule has 0 atom stereocenters. The van der Waals surface area contributed by atoms with Gasteiger partial charge in [-0.2, -0.15) is 10.2 Å². The quantitative estimate of drug-likeness (QED) is 0.766. The van der Waals surface area contributed by atoms with Crippen molar-refractivity contribution in [3.63, 3.8) is 0 Å². The Morgan fingerprint density at radius 3 is 2.75 bits per heavy atom. The summed E-state index contributed by atoms with van der Waals surface area (Å²) in [5.74, 6) is 0. The molecule has 2 aromatic heterocycles. The normalized spacial score (nSPS) is 11.9. The van der Waals surface area contributed by atoms with Crippen LogP contribution in [0.4, 0.5) is 0 Å². The molecule has 2 heterocycles. The highest BCUT2D eigenvalue weighted by atomic mass is 32.2. The van der Waals surface area contributed by atoms with Crippen LogP contribution < -0.4 is 4.72 Å². The highest BCUT2D eigenvalue weighted by molar-refractivity contribution is 7.89. The Balaban J connectivity index is 1.91. The van der Waals surface area contributed by atoms with Gasteiger partial charge in [-0.1, -0.05) is 0 Å². The SMILES string of the molecule is CCn1cc(S(=O)(=O)NCCCn2cccn2)c(C)n1. The summed E-state index contributed by atoms with van der Waals surface area (Å²) >= 11 is 0. The third kappa shape index (κ3) is 3.45. The van der Waals surface area contributed by atoms with Crippen molar-refractivity contribution in [3.8, 4) is 0 Å². The second-order valence-corrected chi connectivity index (χ2v) is 6.19. The van der Waals surface area contributed by atoms with Crippen molar-refractivity contribution in [2.24, 2.45) is 0 Å². The molecule has 8 heteroatoms. The van der Waals surface area contributed by atoms with E-state index in [1.165, 1.54) is 0 Å². The van der Waals surface area contributed by atoms with Crippen LogP contribution in [0, 0.1) is 6.92 Å². The standard InChI is InChI=1S/C12H19N5O2S/c1-3-16-10-12(11(2)15-16)20(18,19)14-7-5-9-17-8-4-6-13-17/h4,6,8,10,14H,3,5,7,9H2,1-2H3. The number of aromatic nitrogens is 4. The number of sulfonamides is 1. The summed E-state index contributed by atoms with van der Waals surface area (Å²) in [4.78, 5) is 0.249. The minimum absolute atomic E-state index is 0.249. The number of nitrogens with zero attached hydrogens (tertiary/aromatic N) is 4. The number of nitrogens with one attached hydrogen (secondary N) is 1. The van der Waals surface area contributed by atoms with E-state index in [-0.39, 0.29) is 4.90 Å². The maximum Gasteiger partial charge on any atom is 0.243 e. The first kappa shape index (κ1) is 14.7. The molecule has 0 unspecified atom stereocenters. The highest BCUT2D eigenvalue weighted by Crippen LogP contribution is 2.12. The Morgan fingerprint density at radius 1 is 1.35 bits per heavy atom. The van der Waals surface area contributed by atoms with Crippen molar-refractivity contribution in [1.29, 1.82) is 0 Å². The molecule has 0 radical (unpaired) electrons. The third-order valence-corrected chi connectivity index (χ3v) is 4.49. The minimum atomic E-state index is -3.48. The molecule has 0 saturated heterocycles. The summed E-state index contributed by atoms with van der Waals surface area (Å²) in [6, 6.07) is 1.84. The first-order valence-electron chi connectivity index (χ1n) is 6.54. The van der Waals surface area contributed by atoms with E-state index in [2.05, 4.69) is 14.9 Å². The fourth-order valence-corrected chi connectivity index (χ4v) is 3.14. The van der Waals surface area contributed by atoms with Gasteiger partial charge in [0.05, 0.1) is 5.69 Å². The van der Waals surface area contributed by atoms with Gasteiger partial charge in [0.25, 0.3) is 0 Å². The van der Waals surface area contributed by atoms with Crippen molar-refractivity contribution >= 4 is 10.0 Å². The molecule has 0 aromatic carbocycles. The van der Waals surface area contributed by atoms with E-state index in [1.54, 1.807) is 28.7 Å². The molecule has 7 nitrogen and oxygen atoms in total. The Labute approximate surface area is 118 Å². The van der Waals surface area contributed by atoms with Crippen molar-refractivity contribution in [2.45, 2.75) is 38.3 Å². The van der Waals surface area contributed by atoms with Crippen LogP contribution in [0.25, 0.3) is 0 Å². The van der Waals surface area contributed by atoms with Gasteiger partial charge < -0.3 is 0 Å². The van der Waals surface area contributed by atoms with Crippen molar-refractivity contribution in [2.75, 3.05) is 6.54 Å². The van der Waals surface area contributed by atoms with E-state index >= 15 is 0 Å². The fraction of sp³-hybridized carbons (Fsp3) is 0.500. The average molecular weight is 297 g/mol. The Hall–Kier alpha value is -1.67. The molecular formula is C12H19N5O2S. The number of hydrogen-bond donors (Lipinski definition) is 1. The fourth-order valence-electron chi connectivity index (χ4n) is 1.88. The van der Waals surface area contributed by atoms with E-state index < -0.39 is 10.0 Å². The number of rotatable bonds is 7. The molecule has 110 valence electrons. The predicted molar refractivity (Wildman–Crippen MR) is 74.7 cm³/mol. The molecule has 0 bridgehead atoms. The molecule has 2 aromatic rings. The summed E-state index contributed by atoms with van der Waals surface area (Å²) < 4.78 is 30.3. The summed E-state index contributed by atoms with van der Waals surface area (Å²) in [5, 5.41) is 8.21. The first-order valence-corrected chi connectivity index (χ1v) is 8.02. The van der Waals surface area contributed by atoms with Crippen molar-refractivity contribution in [3.05, 3.63) is 30.4 Å². The van der Waals surface area contributed by atoms with Gasteiger partial charge in [-0.15, -0.1) is 0 Å². The third-order valence-electron chi connectivity index (χ3n) is 2.93. The zero-order valence-electron chi connectivity index (χ0n) is 11.7. The second-order valence-electron chi connectivity index (χ2n) is 4.45. The zero-order chi connectivity index (χ0) is 14.6. The van der Waals surface area contributed by atoms with Crippen molar-refractivity contribution < 1.29 is 8.42 Å². The van der Waals surface area contributed by atoms with Gasteiger partial charge in [-0.25, -0.2) is 13.1 Å². The van der Waals surface area contributed by atoms with E-state index in [4.69, 9.17) is 0 Å². The molecule has 0 aliphatic rings. The largest absolute Gasteiger partial charge is 0.273 e. The van der Waals surface area contributed by atoms with Gasteiger partial charge in [-0.05, 0) is 26.3 Å². The van der Waals surface area contributed by atoms with Crippen molar-refractivity contribution in [1.82, 2.24) is 24.3 Å². The maximum absolute atomic E-state index is 12.2. The van der Waals surface area contributed by atoms with Crippen LogP contribution in [0.15, 0.2) is 29.6 Å². The van der Waals surface area contributed by atoms with Crippen LogP contribution in [0.5, 0.6) is 0 Å². The minimum Gasteiger partial charge on any atom is -0.273 e. The van der Waals surface area contributed by atoms with Crippen LogP contribution in [-0.2, 0) is 23.1 Å². The average Bonchev–Trinajstić information content (AvgIpc) is 3.04. The topological polar surface area (TPSA) is 81.8 Å². The van der Waals surface area contributed by atoms with Crippen LogP contribution in [0.3, 0.4) is 0 Å². The van der Waals surface area contributed by atoms with Gasteiger partial charge in [0, 0.05) is 38.2 Å². The zero-order valence-corrected chi connectivity index (χ0v) is 12.5. The maximum atomic E-state index is 12.2. The summed E-state index contributed by atoms with van der Waals surface area (Å²) in [5.41, 5.74) is 0.520. The lowest BCUT2D eigenvalue weighted by atomic mass is 10.4. The Kier molecular flexibility index (Phi) is 4.56. The smallest absolute Gasteiger partial charge is 0.243 e. The van der Waals surface area contributed by atoms with Gasteiger partial charge >= 0.3 is 0 Å². The van der Waals surface area contributed by atoms with Crippen LogP contribution in [0.2, 0.25) is 0 Å². The lowest BCUT2D eigenvalue weighted by molar-refractivity contribution is 0.552. The molecule has 0 fully saturated rings. The monoisotopic (exact) mass is 297 g/mol. The second kappa shape index (κ2) is 6.19. The summed E-state index contributed by atoms with van der Waals surface area (Å²) in [6.07, 6.45) is 5.80. The van der Waals surface area contributed by atoms with E-state index in [1.807, 2.05) is 19.2 Å². The molecule has 0 aliphatic carbocycles. The lowest BCUT2D eigenvalue weighted by Crippen LogP contribution is -2.26. The van der Waals surface area contributed by atoms with E-state index in [0.717, 1.165) is 0 Å². The highest BCUT2D eigenvalue weighted by Gasteiger charge is 2.19. The molecule has 1 N–H and O–H groups in total. The van der Waals surface area contributed by atoms with E-state index in [0.29, 0.717) is 31.7 Å². The van der Waals surface area contributed by atoms with Gasteiger partial charge in [0.15, 0.2) is 0 Å². The molecule has 20 heavy (non-hydrogen) atoms. The van der Waals surface area contributed by atoms with E-state index in [9.17, 15) is 8.42 Å². The number of aryl methyl sites for hydroxylation is 3. The predicted octanol–water partition coefficient (Wildman–Crippen LogP) is 0.777. The summed E-state index contributed by atoms with van der Waals surface area (Å²) in [6.45, 7) is 5.32. The van der Waals surface area contributed by atoms with Crippen LogP contribution >= 0.6 is 0 Å². The number of hydrogen-bond acceptors (Lipinski definition) is 4. The van der Waals surface area contributed by atoms with Gasteiger partial charge in [0.1, 0.15) is 4.90 Å². The van der Waals surface area contributed by atoms with Gasteiger partial charge in [0.2, 0.25) is 10.0 Å². The molecular weight excluding hydrogens is 278 g/mol. The van der Waals surface area contributed by atoms with Crippen LogP contribution in [-0.4, -0.2) is 34.5 Å². The Morgan fingerprint density at radius 2 is 2.15 bits per heavy atom. The molecule has 0 aliphatic heterocycles. The van der Waals surface area contributed by atoms with Crippen LogP contribution in [0.1, 0.15) is 19.0 Å². The molecule has 0 spiro atoms. The molecule has 2 rings (SSSR count). The summed E-state index contributed by atoms with van der Waals surface area (Å²) in [7, 11) is -3.48. The van der Waals surface area contributed by atoms with Gasteiger partial charge in [-0.3, -0.25) is 9.36 Å². The molecule has 0 saturated carbocycles. The first-order chi connectivity index (χ1) is 9.53. The molecule has 0 amide bonds. The lowest BCUT2D eigenvalue weighted by Gasteiger charge is -2.05.